The van der Waals surface area contributed by atoms with E-state index in [4.69, 9.17) is 0 Å². The Labute approximate surface area is 185 Å². The number of thiazole rings is 1. The fraction of sp³-hybridized carbons (Fsp3) is 0.261. The van der Waals surface area contributed by atoms with Crippen molar-refractivity contribution >= 4 is 28.3 Å². The van der Waals surface area contributed by atoms with Crippen LogP contribution in [0.15, 0.2) is 36.4 Å². The highest BCUT2D eigenvalue weighted by molar-refractivity contribution is 7.15. The molecule has 5 nitrogen and oxygen atoms in total. The van der Waals surface area contributed by atoms with Gasteiger partial charge in [-0.2, -0.15) is 0 Å². The number of imidazole rings is 1. The molecule has 4 aromatic rings. The number of nitrogens with zero attached hydrogens (tertiary/aromatic N) is 3. The van der Waals surface area contributed by atoms with Gasteiger partial charge in [-0.1, -0.05) is 12.1 Å². The summed E-state index contributed by atoms with van der Waals surface area (Å²) in [6.45, 7) is 2.43. The van der Waals surface area contributed by atoms with Gasteiger partial charge in [-0.25, -0.2) is 23.1 Å². The summed E-state index contributed by atoms with van der Waals surface area (Å²) in [5, 5.41) is 0.754. The number of carbonyl (C=O) groups excluding carboxylic acids is 1. The highest BCUT2D eigenvalue weighted by Gasteiger charge is 2.33. The Morgan fingerprint density at radius 3 is 2.69 bits per heavy atom. The topological polar surface area (TPSA) is 61.9 Å². The summed E-state index contributed by atoms with van der Waals surface area (Å²) >= 11 is 1.40. The third-order valence-corrected chi connectivity index (χ3v) is 6.70. The molecule has 0 radical (unpaired) electrons. The second-order valence-electron chi connectivity index (χ2n) is 7.88. The number of benzene rings is 2. The number of halogens is 3. The molecule has 1 saturated heterocycles. The summed E-state index contributed by atoms with van der Waals surface area (Å²) in [5.74, 6) is -1.82. The van der Waals surface area contributed by atoms with Gasteiger partial charge in [-0.3, -0.25) is 4.79 Å². The van der Waals surface area contributed by atoms with E-state index in [-0.39, 0.29) is 17.8 Å². The van der Waals surface area contributed by atoms with Crippen LogP contribution < -0.4 is 0 Å². The summed E-state index contributed by atoms with van der Waals surface area (Å²) in [4.78, 5) is 27.8. The molecule has 164 valence electrons. The van der Waals surface area contributed by atoms with Gasteiger partial charge in [-0.15, -0.1) is 11.3 Å². The lowest BCUT2D eigenvalue weighted by molar-refractivity contribution is 0.0731. The zero-order chi connectivity index (χ0) is 22.4. The maximum absolute atomic E-state index is 13.5. The first kappa shape index (κ1) is 20.7. The summed E-state index contributed by atoms with van der Waals surface area (Å²) in [6.07, 6.45) is 2.08. The van der Waals surface area contributed by atoms with Crippen molar-refractivity contribution in [3.63, 3.8) is 0 Å². The molecule has 1 atom stereocenters. The molecule has 0 bridgehead atoms. The van der Waals surface area contributed by atoms with Crippen molar-refractivity contribution in [1.82, 2.24) is 19.9 Å². The maximum Gasteiger partial charge on any atom is 0.274 e. The van der Waals surface area contributed by atoms with Gasteiger partial charge in [0.2, 0.25) is 0 Å². The molecule has 2 aromatic heterocycles. The van der Waals surface area contributed by atoms with Gasteiger partial charge in [-0.05, 0) is 37.5 Å². The van der Waals surface area contributed by atoms with E-state index in [0.29, 0.717) is 40.4 Å². The lowest BCUT2D eigenvalue weighted by Crippen LogP contribution is -2.37. The van der Waals surface area contributed by atoms with Gasteiger partial charge in [0.05, 0.1) is 20.9 Å². The van der Waals surface area contributed by atoms with Crippen molar-refractivity contribution in [2.24, 2.45) is 0 Å². The monoisotopic (exact) mass is 456 g/mol. The smallest absolute Gasteiger partial charge is 0.274 e. The number of H-pyrrole nitrogens is 1. The Morgan fingerprint density at radius 1 is 1.16 bits per heavy atom. The van der Waals surface area contributed by atoms with E-state index in [1.807, 2.05) is 6.92 Å². The second-order valence-corrected chi connectivity index (χ2v) is 9.09. The van der Waals surface area contributed by atoms with Crippen LogP contribution in [0, 0.1) is 24.4 Å². The Hall–Kier alpha value is -3.20. The van der Waals surface area contributed by atoms with Crippen molar-refractivity contribution in [3.05, 3.63) is 70.4 Å². The molecule has 9 heteroatoms. The van der Waals surface area contributed by atoms with Gasteiger partial charge in [0.1, 0.15) is 17.3 Å². The number of aromatic amines is 1. The molecule has 2 aromatic carbocycles. The SMILES string of the molecule is Cc1nc(C(=O)N2CCC[C@H]2Cc2nc3cc(F)c(F)cc3[nH]2)c(-c2ccc(F)cc2)s1. The average Bonchev–Trinajstić information content (AvgIpc) is 3.47. The number of aromatic nitrogens is 3. The number of likely N-dealkylation sites (tertiary alicyclic amines) is 1. The first-order valence-corrected chi connectivity index (χ1v) is 11.1. The number of rotatable bonds is 4. The fourth-order valence-electron chi connectivity index (χ4n) is 4.20. The first-order valence-electron chi connectivity index (χ1n) is 10.3. The molecule has 3 heterocycles. The van der Waals surface area contributed by atoms with Crippen LogP contribution in [-0.4, -0.2) is 38.3 Å². The normalized spacial score (nSPS) is 16.2. The highest BCUT2D eigenvalue weighted by Crippen LogP contribution is 2.33. The van der Waals surface area contributed by atoms with Crippen molar-refractivity contribution in [1.29, 1.82) is 0 Å². The Morgan fingerprint density at radius 2 is 1.91 bits per heavy atom. The van der Waals surface area contributed by atoms with Crippen LogP contribution in [-0.2, 0) is 6.42 Å². The molecule has 0 spiro atoms. The zero-order valence-electron chi connectivity index (χ0n) is 17.2. The fourth-order valence-corrected chi connectivity index (χ4v) is 5.11. The summed E-state index contributed by atoms with van der Waals surface area (Å²) in [6, 6.07) is 8.07. The average molecular weight is 456 g/mol. The lowest BCUT2D eigenvalue weighted by Gasteiger charge is -2.23. The van der Waals surface area contributed by atoms with Crippen molar-refractivity contribution in [2.45, 2.75) is 32.2 Å². The summed E-state index contributed by atoms with van der Waals surface area (Å²) in [7, 11) is 0. The van der Waals surface area contributed by atoms with Crippen LogP contribution in [0.5, 0.6) is 0 Å². The van der Waals surface area contributed by atoms with Crippen LogP contribution in [0.4, 0.5) is 13.2 Å². The minimum absolute atomic E-state index is 0.110. The molecule has 0 saturated carbocycles. The lowest BCUT2D eigenvalue weighted by atomic mass is 10.1. The number of hydrogen-bond acceptors (Lipinski definition) is 4. The molecule has 1 N–H and O–H groups in total. The van der Waals surface area contributed by atoms with E-state index < -0.39 is 11.6 Å². The largest absolute Gasteiger partial charge is 0.342 e. The Kier molecular flexibility index (Phi) is 5.21. The van der Waals surface area contributed by atoms with Gasteiger partial charge in [0.25, 0.3) is 5.91 Å². The molecule has 1 amide bonds. The summed E-state index contributed by atoms with van der Waals surface area (Å²) in [5.41, 5.74) is 1.88. The third-order valence-electron chi connectivity index (χ3n) is 5.68. The third kappa shape index (κ3) is 3.77. The molecule has 1 aliphatic rings. The van der Waals surface area contributed by atoms with Crippen LogP contribution >= 0.6 is 11.3 Å². The number of hydrogen-bond donors (Lipinski definition) is 1. The van der Waals surface area contributed by atoms with E-state index in [1.54, 1.807) is 17.0 Å². The van der Waals surface area contributed by atoms with Crippen molar-refractivity contribution in [2.75, 3.05) is 6.54 Å². The van der Waals surface area contributed by atoms with E-state index in [1.165, 1.54) is 23.5 Å². The molecule has 0 aliphatic carbocycles. The van der Waals surface area contributed by atoms with Crippen LogP contribution in [0.3, 0.4) is 0 Å². The molecule has 32 heavy (non-hydrogen) atoms. The van der Waals surface area contributed by atoms with E-state index >= 15 is 0 Å². The predicted molar refractivity (Wildman–Crippen MR) is 116 cm³/mol. The minimum atomic E-state index is -0.944. The predicted octanol–water partition coefficient (Wildman–Crippen LogP) is 5.26. The second kappa shape index (κ2) is 8.05. The zero-order valence-corrected chi connectivity index (χ0v) is 18.0. The van der Waals surface area contributed by atoms with Crippen LogP contribution in [0.25, 0.3) is 21.5 Å². The summed E-state index contributed by atoms with van der Waals surface area (Å²) < 4.78 is 40.4. The van der Waals surface area contributed by atoms with Gasteiger partial charge in [0, 0.05) is 31.1 Å². The number of amides is 1. The Balaban J connectivity index is 1.41. The van der Waals surface area contributed by atoms with E-state index in [0.717, 1.165) is 35.5 Å². The van der Waals surface area contributed by atoms with E-state index in [9.17, 15) is 18.0 Å². The van der Waals surface area contributed by atoms with Crippen molar-refractivity contribution in [3.8, 4) is 10.4 Å². The first-order chi connectivity index (χ1) is 15.4. The van der Waals surface area contributed by atoms with E-state index in [2.05, 4.69) is 15.0 Å². The van der Waals surface area contributed by atoms with Gasteiger partial charge in [0.15, 0.2) is 11.6 Å². The number of fused-ring (bicyclic) bond motifs is 1. The molecule has 0 unspecified atom stereocenters. The standard InChI is InChI=1S/C23H19F3N4OS/c1-12-27-21(22(32-12)13-4-6-14(24)7-5-13)23(31)30-8-2-3-15(30)9-20-28-18-10-16(25)17(26)11-19(18)29-20/h4-7,10-11,15H,2-3,8-9H2,1H3,(H,28,29)/t15-/m0/s1. The number of nitrogens with one attached hydrogen (secondary N) is 1. The minimum Gasteiger partial charge on any atom is -0.342 e. The molecule has 1 fully saturated rings. The maximum atomic E-state index is 13.5. The molecular formula is C23H19F3N4OS. The highest BCUT2D eigenvalue weighted by atomic mass is 32.1. The van der Waals surface area contributed by atoms with Crippen LogP contribution in [0.1, 0.15) is 34.2 Å². The van der Waals surface area contributed by atoms with Crippen molar-refractivity contribution < 1.29 is 18.0 Å². The number of aryl methyl sites for hydroxylation is 1. The quantitative estimate of drug-likeness (QED) is 0.456. The van der Waals surface area contributed by atoms with Crippen LogP contribution in [0.2, 0.25) is 0 Å². The molecular weight excluding hydrogens is 437 g/mol. The van der Waals surface area contributed by atoms with Gasteiger partial charge < -0.3 is 9.88 Å². The Bertz CT molecular complexity index is 1280. The number of carbonyl (C=O) groups is 1. The van der Waals surface area contributed by atoms with Gasteiger partial charge >= 0.3 is 0 Å². The molecule has 1 aliphatic heterocycles. The molecule has 5 rings (SSSR count).